The Bertz CT molecular complexity index is 239. The van der Waals surface area contributed by atoms with Gasteiger partial charge in [0, 0.05) is 0 Å². The third-order valence-corrected chi connectivity index (χ3v) is 1.56. The van der Waals surface area contributed by atoms with Crippen molar-refractivity contribution in [1.82, 2.24) is 0 Å². The molecule has 1 unspecified atom stereocenters. The first-order valence-corrected chi connectivity index (χ1v) is 3.55. The van der Waals surface area contributed by atoms with Crippen LogP contribution in [0.25, 0.3) is 0 Å². The third-order valence-electron chi connectivity index (χ3n) is 1.56. The summed E-state index contributed by atoms with van der Waals surface area (Å²) < 4.78 is 12.8. The van der Waals surface area contributed by atoms with Gasteiger partial charge in [-0.15, -0.1) is 0 Å². The lowest BCUT2D eigenvalue weighted by Gasteiger charge is -2.04. The summed E-state index contributed by atoms with van der Waals surface area (Å²) in [6, 6.07) is 7.09. The second kappa shape index (κ2) is 3.53. The number of alkyl halides is 1. The fourth-order valence-corrected chi connectivity index (χ4v) is 0.970. The molecule has 0 aliphatic rings. The number of hydrogen-bond acceptors (Lipinski definition) is 1. The number of hydrogen-bond donors (Lipinski definition) is 1. The monoisotopic (exact) mass is 152 g/mol. The highest BCUT2D eigenvalue weighted by Gasteiger charge is 2.06. The summed E-state index contributed by atoms with van der Waals surface area (Å²) in [6.45, 7) is -0.441. The highest BCUT2D eigenvalue weighted by molar-refractivity contribution is 6.32. The maximum atomic E-state index is 12.8. The van der Waals surface area contributed by atoms with Crippen LogP contribution in [-0.2, 0) is 0 Å². The summed E-state index contributed by atoms with van der Waals surface area (Å²) >= 11 is 0. The highest BCUT2D eigenvalue weighted by Crippen LogP contribution is 2.13. The van der Waals surface area contributed by atoms with Gasteiger partial charge in [-0.25, -0.2) is 4.39 Å². The maximum Gasteiger partial charge on any atom is 0.148 e. The summed E-state index contributed by atoms with van der Waals surface area (Å²) in [5.41, 5.74) is 1.56. The van der Waals surface area contributed by atoms with E-state index >= 15 is 0 Å². The van der Waals surface area contributed by atoms with Gasteiger partial charge < -0.3 is 5.11 Å². The molecule has 1 N–H and O–H groups in total. The van der Waals surface area contributed by atoms with Gasteiger partial charge in [-0.2, -0.15) is 0 Å². The highest BCUT2D eigenvalue weighted by atomic mass is 19.1. The van der Waals surface area contributed by atoms with Crippen LogP contribution in [0, 0.1) is 0 Å². The van der Waals surface area contributed by atoms with Gasteiger partial charge in [0.15, 0.2) is 0 Å². The molecular formula is C8H10BFO. The topological polar surface area (TPSA) is 20.2 Å². The molecule has 0 aliphatic carbocycles. The molecule has 0 saturated heterocycles. The van der Waals surface area contributed by atoms with Crippen molar-refractivity contribution in [2.45, 2.75) is 6.17 Å². The van der Waals surface area contributed by atoms with Gasteiger partial charge in [0.2, 0.25) is 0 Å². The Balaban J connectivity index is 2.86. The van der Waals surface area contributed by atoms with Crippen molar-refractivity contribution in [1.29, 1.82) is 0 Å². The van der Waals surface area contributed by atoms with Crippen LogP contribution in [0.5, 0.6) is 0 Å². The standard InChI is InChI=1S/C8H10BFO/c9-7-3-1-2-6(4-7)8(10)5-11/h1-4,8,11H,5,9H2. The van der Waals surface area contributed by atoms with E-state index in [1.807, 2.05) is 13.9 Å². The van der Waals surface area contributed by atoms with Crippen molar-refractivity contribution in [3.63, 3.8) is 0 Å². The summed E-state index contributed by atoms with van der Waals surface area (Å²) in [5, 5.41) is 8.50. The van der Waals surface area contributed by atoms with Gasteiger partial charge in [-0.3, -0.25) is 0 Å². The first-order chi connectivity index (χ1) is 5.24. The van der Waals surface area contributed by atoms with E-state index in [2.05, 4.69) is 0 Å². The maximum absolute atomic E-state index is 12.8. The van der Waals surface area contributed by atoms with Crippen molar-refractivity contribution in [3.05, 3.63) is 29.8 Å². The van der Waals surface area contributed by atoms with E-state index in [1.165, 1.54) is 0 Å². The molecule has 1 rings (SSSR count). The lowest BCUT2D eigenvalue weighted by Crippen LogP contribution is -2.05. The lowest BCUT2D eigenvalue weighted by atomic mass is 9.93. The fraction of sp³-hybridized carbons (Fsp3) is 0.250. The third kappa shape index (κ3) is 2.05. The van der Waals surface area contributed by atoms with E-state index in [4.69, 9.17) is 5.11 Å². The van der Waals surface area contributed by atoms with Crippen LogP contribution in [0.4, 0.5) is 4.39 Å². The molecule has 0 bridgehead atoms. The molecule has 0 spiro atoms. The van der Waals surface area contributed by atoms with Crippen molar-refractivity contribution < 1.29 is 9.50 Å². The normalized spacial score (nSPS) is 12.9. The van der Waals surface area contributed by atoms with Crippen molar-refractivity contribution in [2.24, 2.45) is 0 Å². The zero-order valence-electron chi connectivity index (χ0n) is 6.42. The second-order valence-electron chi connectivity index (χ2n) is 2.56. The molecule has 0 aromatic heterocycles. The first kappa shape index (κ1) is 8.27. The van der Waals surface area contributed by atoms with E-state index in [0.717, 1.165) is 5.46 Å². The van der Waals surface area contributed by atoms with E-state index in [0.29, 0.717) is 5.56 Å². The molecule has 1 nitrogen and oxygen atoms in total. The molecular weight excluding hydrogens is 142 g/mol. The predicted molar refractivity (Wildman–Crippen MR) is 45.6 cm³/mol. The first-order valence-electron chi connectivity index (χ1n) is 3.55. The Hall–Kier alpha value is -0.825. The zero-order valence-corrected chi connectivity index (χ0v) is 6.42. The van der Waals surface area contributed by atoms with Crippen LogP contribution >= 0.6 is 0 Å². The number of aliphatic hydroxyl groups excluding tert-OH is 1. The van der Waals surface area contributed by atoms with Crippen molar-refractivity contribution in [2.75, 3.05) is 6.61 Å². The van der Waals surface area contributed by atoms with Gasteiger partial charge in [-0.05, 0) is 5.56 Å². The summed E-state index contributed by atoms with van der Waals surface area (Å²) in [7, 11) is 1.90. The summed E-state index contributed by atoms with van der Waals surface area (Å²) in [4.78, 5) is 0. The molecule has 1 atom stereocenters. The predicted octanol–water partition coefficient (Wildman–Crippen LogP) is -0.0521. The van der Waals surface area contributed by atoms with Crippen LogP contribution in [0.15, 0.2) is 24.3 Å². The average Bonchev–Trinajstić information content (AvgIpc) is 2.03. The van der Waals surface area contributed by atoms with Crippen LogP contribution in [-0.4, -0.2) is 19.6 Å². The van der Waals surface area contributed by atoms with E-state index in [-0.39, 0.29) is 0 Å². The van der Waals surface area contributed by atoms with Crippen LogP contribution in [0.2, 0.25) is 0 Å². The van der Waals surface area contributed by atoms with E-state index in [9.17, 15) is 4.39 Å². The fourth-order valence-electron chi connectivity index (χ4n) is 0.970. The van der Waals surface area contributed by atoms with E-state index in [1.54, 1.807) is 18.2 Å². The summed E-state index contributed by atoms with van der Waals surface area (Å²) in [6.07, 6.45) is -1.24. The molecule has 1 aromatic rings. The van der Waals surface area contributed by atoms with Gasteiger partial charge in [0.05, 0.1) is 6.61 Å². The van der Waals surface area contributed by atoms with Gasteiger partial charge in [-0.1, -0.05) is 29.7 Å². The SMILES string of the molecule is Bc1cccc(C(F)CO)c1. The molecule has 0 fully saturated rings. The smallest absolute Gasteiger partial charge is 0.148 e. The van der Waals surface area contributed by atoms with Crippen molar-refractivity contribution >= 4 is 13.3 Å². The Morgan fingerprint density at radius 2 is 2.27 bits per heavy atom. The van der Waals surface area contributed by atoms with Crippen LogP contribution in [0.1, 0.15) is 11.7 Å². The minimum atomic E-state index is -1.24. The molecule has 3 heteroatoms. The minimum Gasteiger partial charge on any atom is -0.393 e. The molecule has 0 saturated carbocycles. The Morgan fingerprint density at radius 1 is 1.55 bits per heavy atom. The molecule has 58 valence electrons. The number of aliphatic hydroxyl groups is 1. The molecule has 0 aliphatic heterocycles. The van der Waals surface area contributed by atoms with Crippen LogP contribution in [0.3, 0.4) is 0 Å². The Morgan fingerprint density at radius 3 is 2.82 bits per heavy atom. The summed E-state index contributed by atoms with van der Waals surface area (Å²) in [5.74, 6) is 0. The largest absolute Gasteiger partial charge is 0.393 e. The van der Waals surface area contributed by atoms with Gasteiger partial charge >= 0.3 is 0 Å². The molecule has 1 aromatic carbocycles. The number of benzene rings is 1. The van der Waals surface area contributed by atoms with Gasteiger partial charge in [0.25, 0.3) is 0 Å². The van der Waals surface area contributed by atoms with Crippen LogP contribution < -0.4 is 5.46 Å². The second-order valence-corrected chi connectivity index (χ2v) is 2.56. The number of rotatable bonds is 2. The minimum absolute atomic E-state index is 0.441. The number of halogens is 1. The zero-order chi connectivity index (χ0) is 8.27. The Labute approximate surface area is 66.3 Å². The molecule has 0 amide bonds. The van der Waals surface area contributed by atoms with Crippen molar-refractivity contribution in [3.8, 4) is 0 Å². The molecule has 0 heterocycles. The van der Waals surface area contributed by atoms with E-state index < -0.39 is 12.8 Å². The quantitative estimate of drug-likeness (QED) is 0.589. The molecule has 11 heavy (non-hydrogen) atoms. The Kier molecular flexibility index (Phi) is 2.66. The lowest BCUT2D eigenvalue weighted by molar-refractivity contribution is 0.180. The molecule has 0 radical (unpaired) electrons. The average molecular weight is 152 g/mol. The van der Waals surface area contributed by atoms with Gasteiger partial charge in [0.1, 0.15) is 14.0 Å².